The number of likely N-dealkylation sites (N-methyl/N-ethyl adjacent to an activating group) is 1. The van der Waals surface area contributed by atoms with Gasteiger partial charge in [-0.15, -0.1) is 0 Å². The molecule has 1 fully saturated rings. The van der Waals surface area contributed by atoms with E-state index in [1.54, 1.807) is 29.4 Å². The Labute approximate surface area is 240 Å². The zero-order valence-electron chi connectivity index (χ0n) is 22.2. The molecule has 2 amide bonds. The summed E-state index contributed by atoms with van der Waals surface area (Å²) in [6.07, 6.45) is 7.08. The highest BCUT2D eigenvalue weighted by molar-refractivity contribution is 6.69. The zero-order chi connectivity index (χ0) is 28.5. The number of piperazine rings is 1. The number of anilines is 3. The number of halogens is 3. The van der Waals surface area contributed by atoms with E-state index in [1.807, 2.05) is 25.3 Å². The van der Waals surface area contributed by atoms with Gasteiger partial charge in [-0.25, -0.2) is 28.5 Å². The van der Waals surface area contributed by atoms with Crippen LogP contribution in [0, 0.1) is 11.6 Å². The third-order valence-electron chi connectivity index (χ3n) is 7.22. The van der Waals surface area contributed by atoms with Crippen molar-refractivity contribution in [2.24, 2.45) is 4.99 Å². The normalized spacial score (nSPS) is 16.8. The molecule has 2 N–H and O–H groups in total. The number of hydrogen-bond acceptors (Lipinski definition) is 6. The summed E-state index contributed by atoms with van der Waals surface area (Å²) in [4.78, 5) is 30.0. The fourth-order valence-electron chi connectivity index (χ4n) is 4.99. The van der Waals surface area contributed by atoms with Crippen molar-refractivity contribution in [2.45, 2.75) is 6.42 Å². The van der Waals surface area contributed by atoms with Crippen molar-refractivity contribution in [3.05, 3.63) is 101 Å². The molecule has 2 aliphatic heterocycles. The van der Waals surface area contributed by atoms with Crippen LogP contribution in [0.5, 0.6) is 0 Å². The van der Waals surface area contributed by atoms with Crippen LogP contribution in [0.1, 0.15) is 16.8 Å². The largest absolute Gasteiger partial charge is 0.324 e. The van der Waals surface area contributed by atoms with E-state index in [0.717, 1.165) is 24.3 Å². The first kappa shape index (κ1) is 26.8. The van der Waals surface area contributed by atoms with Gasteiger partial charge in [-0.2, -0.15) is 0 Å². The van der Waals surface area contributed by atoms with Crippen LogP contribution in [0.3, 0.4) is 0 Å². The van der Waals surface area contributed by atoms with Crippen LogP contribution in [-0.2, 0) is 6.42 Å². The number of fused-ring (bicyclic) bond motifs is 3. The molecule has 0 unspecified atom stereocenters. The van der Waals surface area contributed by atoms with Gasteiger partial charge in [0, 0.05) is 61.1 Å². The van der Waals surface area contributed by atoms with Crippen molar-refractivity contribution >= 4 is 51.3 Å². The van der Waals surface area contributed by atoms with Crippen LogP contribution >= 0.6 is 11.6 Å². The number of hydrogen-bond donors (Lipinski definition) is 2. The standard InChI is InChI=1S/C30H26ClF2N7O/c1-39-11-13-40(14-12-39)30(41)37-20-8-6-19(7-9-20)36-29-35-16-18-5-10-21-22(27-24(32)3-2-4-25(27)33)15-26(31)34-17-23(21)28(18)38-29/h2-4,6-10,15-17H,5,11-14H2,1H3,(H,37,41)(H,35,36,38). The summed E-state index contributed by atoms with van der Waals surface area (Å²) in [5.74, 6) is -1.05. The number of carbonyl (C=O) groups is 1. The van der Waals surface area contributed by atoms with Gasteiger partial charge in [0.1, 0.15) is 16.8 Å². The van der Waals surface area contributed by atoms with Crippen molar-refractivity contribution in [3.63, 3.8) is 0 Å². The molecule has 3 heterocycles. The predicted octanol–water partition coefficient (Wildman–Crippen LogP) is 5.84. The number of aliphatic imine (C=N–C) groups is 1. The summed E-state index contributed by atoms with van der Waals surface area (Å²) in [6, 6.07) is 10.9. The van der Waals surface area contributed by atoms with Gasteiger partial charge < -0.3 is 20.4 Å². The number of amides is 2. The van der Waals surface area contributed by atoms with Crippen LogP contribution < -0.4 is 10.6 Å². The smallest absolute Gasteiger partial charge is 0.321 e. The molecule has 1 aromatic heterocycles. The Hall–Kier alpha value is -4.41. The van der Waals surface area contributed by atoms with Crippen LogP contribution in [-0.4, -0.2) is 64.2 Å². The lowest BCUT2D eigenvalue weighted by Gasteiger charge is -2.32. The molecule has 3 aromatic rings. The molecule has 0 radical (unpaired) electrons. The van der Waals surface area contributed by atoms with Crippen LogP contribution in [0.15, 0.2) is 77.6 Å². The Balaban J connectivity index is 1.22. The third-order valence-corrected chi connectivity index (χ3v) is 7.43. The minimum absolute atomic E-state index is 0.0965. The Bertz CT molecular complexity index is 1620. The summed E-state index contributed by atoms with van der Waals surface area (Å²) in [7, 11) is 2.04. The number of rotatable bonds is 4. The van der Waals surface area contributed by atoms with Gasteiger partial charge in [-0.1, -0.05) is 23.7 Å². The molecule has 1 aliphatic carbocycles. The molecule has 0 atom stereocenters. The van der Waals surface area contributed by atoms with E-state index in [4.69, 9.17) is 16.6 Å². The minimum atomic E-state index is -0.693. The summed E-state index contributed by atoms with van der Waals surface area (Å²) in [5.41, 5.74) is 4.14. The summed E-state index contributed by atoms with van der Waals surface area (Å²) in [5, 5.41) is 6.22. The summed E-state index contributed by atoms with van der Waals surface area (Å²) >= 11 is 6.28. The van der Waals surface area contributed by atoms with E-state index in [2.05, 4.69) is 25.5 Å². The van der Waals surface area contributed by atoms with Gasteiger partial charge >= 0.3 is 6.03 Å². The van der Waals surface area contributed by atoms with Gasteiger partial charge in [-0.05, 0) is 67.1 Å². The molecule has 8 nitrogen and oxygen atoms in total. The fraction of sp³-hybridized carbons (Fsp3) is 0.200. The molecule has 1 saturated heterocycles. The molecule has 41 heavy (non-hydrogen) atoms. The summed E-state index contributed by atoms with van der Waals surface area (Å²) in [6.45, 7) is 3.08. The average molecular weight is 574 g/mol. The number of carbonyl (C=O) groups excluding carboxylic acids is 1. The van der Waals surface area contributed by atoms with Crippen LogP contribution in [0.2, 0.25) is 0 Å². The number of nitrogens with zero attached hydrogens (tertiary/aromatic N) is 5. The highest BCUT2D eigenvalue weighted by Crippen LogP contribution is 2.41. The quantitative estimate of drug-likeness (QED) is 0.410. The average Bonchev–Trinajstić information content (AvgIpc) is 3.13. The monoisotopic (exact) mass is 573 g/mol. The second kappa shape index (κ2) is 11.2. The fourth-order valence-corrected chi connectivity index (χ4v) is 5.14. The maximum absolute atomic E-state index is 14.8. The predicted molar refractivity (Wildman–Crippen MR) is 157 cm³/mol. The molecule has 11 heteroatoms. The van der Waals surface area contributed by atoms with Gasteiger partial charge in [0.05, 0.1) is 11.3 Å². The van der Waals surface area contributed by atoms with E-state index in [0.29, 0.717) is 53.6 Å². The van der Waals surface area contributed by atoms with Crippen molar-refractivity contribution < 1.29 is 13.6 Å². The number of nitrogens with one attached hydrogen (secondary N) is 2. The van der Waals surface area contributed by atoms with Crippen molar-refractivity contribution in [2.75, 3.05) is 43.9 Å². The van der Waals surface area contributed by atoms with Crippen LogP contribution in [0.4, 0.5) is 30.9 Å². The van der Waals surface area contributed by atoms with Crippen molar-refractivity contribution in [1.29, 1.82) is 0 Å². The number of benzene rings is 2. The highest BCUT2D eigenvalue weighted by Gasteiger charge is 2.27. The zero-order valence-corrected chi connectivity index (χ0v) is 22.9. The lowest BCUT2D eigenvalue weighted by molar-refractivity contribution is 0.164. The van der Waals surface area contributed by atoms with Crippen LogP contribution in [0.25, 0.3) is 11.1 Å². The molecule has 208 valence electrons. The van der Waals surface area contributed by atoms with E-state index in [1.165, 1.54) is 24.3 Å². The molecule has 3 aliphatic rings. The van der Waals surface area contributed by atoms with E-state index >= 15 is 0 Å². The van der Waals surface area contributed by atoms with Gasteiger partial charge in [-0.3, -0.25) is 0 Å². The molecular formula is C30H26ClF2N7O. The first-order valence-electron chi connectivity index (χ1n) is 13.1. The topological polar surface area (TPSA) is 85.8 Å². The maximum atomic E-state index is 14.8. The van der Waals surface area contributed by atoms with Crippen molar-refractivity contribution in [3.8, 4) is 0 Å². The first-order chi connectivity index (χ1) is 19.9. The summed E-state index contributed by atoms with van der Waals surface area (Å²) < 4.78 is 29.6. The number of urea groups is 1. The number of aromatic nitrogens is 2. The maximum Gasteiger partial charge on any atom is 0.321 e. The van der Waals surface area contributed by atoms with E-state index in [-0.39, 0.29) is 16.8 Å². The second-order valence-corrected chi connectivity index (χ2v) is 10.3. The molecule has 0 spiro atoms. The first-order valence-corrected chi connectivity index (χ1v) is 13.5. The Morgan fingerprint density at radius 2 is 1.66 bits per heavy atom. The Morgan fingerprint density at radius 3 is 2.39 bits per heavy atom. The molecular weight excluding hydrogens is 548 g/mol. The van der Waals surface area contributed by atoms with E-state index < -0.39 is 11.6 Å². The molecule has 2 aromatic carbocycles. The third kappa shape index (κ3) is 5.61. The SMILES string of the molecule is CN1CCN(C(=O)Nc2ccc(Nc3ncc4c(n3)C3=CN=C(Cl)C=C(c5c(F)cccc5F)C3=CC4)cc2)CC1. The van der Waals surface area contributed by atoms with Gasteiger partial charge in [0.2, 0.25) is 5.95 Å². The highest BCUT2D eigenvalue weighted by atomic mass is 35.5. The van der Waals surface area contributed by atoms with E-state index in [9.17, 15) is 13.6 Å². The van der Waals surface area contributed by atoms with Gasteiger partial charge in [0.15, 0.2) is 0 Å². The lowest BCUT2D eigenvalue weighted by atomic mass is 9.84. The lowest BCUT2D eigenvalue weighted by Crippen LogP contribution is -2.48. The Kier molecular flexibility index (Phi) is 7.34. The van der Waals surface area contributed by atoms with Crippen molar-refractivity contribution in [1.82, 2.24) is 19.8 Å². The second-order valence-electron chi connectivity index (χ2n) is 9.96. The molecule has 6 rings (SSSR count). The molecule has 0 saturated carbocycles. The number of allylic oxidation sites excluding steroid dienone is 5. The minimum Gasteiger partial charge on any atom is -0.324 e. The Morgan fingerprint density at radius 1 is 0.951 bits per heavy atom. The van der Waals surface area contributed by atoms with Gasteiger partial charge in [0.25, 0.3) is 0 Å². The molecule has 0 bridgehead atoms.